The fraction of sp³-hybridized carbons (Fsp3) is 0.429. The molecule has 2 N–H and O–H groups in total. The van der Waals surface area contributed by atoms with Gasteiger partial charge in [-0.05, 0) is 24.6 Å². The van der Waals surface area contributed by atoms with Crippen LogP contribution in [-0.2, 0) is 11.3 Å². The number of aliphatic imine (C=N–C) groups is 1. The van der Waals surface area contributed by atoms with Gasteiger partial charge < -0.3 is 15.4 Å². The summed E-state index contributed by atoms with van der Waals surface area (Å²) in [6, 6.07) is 9.63. The van der Waals surface area contributed by atoms with Gasteiger partial charge in [0.15, 0.2) is 5.96 Å². The summed E-state index contributed by atoms with van der Waals surface area (Å²) in [4.78, 5) is 4.12. The van der Waals surface area contributed by atoms with Crippen LogP contribution in [-0.4, -0.2) is 32.8 Å². The molecule has 0 amide bonds. The highest BCUT2D eigenvalue weighted by atomic mass is 127. The minimum atomic E-state index is 0. The second-order valence-corrected chi connectivity index (χ2v) is 3.86. The summed E-state index contributed by atoms with van der Waals surface area (Å²) in [5, 5.41) is 15.2. The van der Waals surface area contributed by atoms with Gasteiger partial charge >= 0.3 is 0 Å². The molecule has 1 aromatic rings. The van der Waals surface area contributed by atoms with Crippen LogP contribution in [0.2, 0.25) is 0 Å². The van der Waals surface area contributed by atoms with Crippen molar-refractivity contribution in [3.8, 4) is 6.07 Å². The number of halogens is 1. The van der Waals surface area contributed by atoms with Crippen LogP contribution in [0.1, 0.15) is 18.1 Å². The Kier molecular flexibility index (Phi) is 10.7. The predicted octanol–water partition coefficient (Wildman–Crippen LogP) is 1.88. The number of nitrogens with one attached hydrogen (secondary N) is 2. The number of guanidine groups is 1. The first-order chi connectivity index (χ1) is 9.30. The third kappa shape index (κ3) is 7.31. The molecule has 0 fully saturated rings. The molecule has 0 unspecified atom stereocenters. The van der Waals surface area contributed by atoms with Crippen LogP contribution in [0.15, 0.2) is 29.3 Å². The maximum absolute atomic E-state index is 8.83. The van der Waals surface area contributed by atoms with Crippen molar-refractivity contribution in [3.05, 3.63) is 35.4 Å². The molecule has 0 aromatic heterocycles. The van der Waals surface area contributed by atoms with Gasteiger partial charge in [-0.2, -0.15) is 5.26 Å². The first-order valence-corrected chi connectivity index (χ1v) is 6.31. The Morgan fingerprint density at radius 2 is 2.20 bits per heavy atom. The van der Waals surface area contributed by atoms with Crippen LogP contribution in [0, 0.1) is 11.3 Å². The Balaban J connectivity index is 0.00000361. The highest BCUT2D eigenvalue weighted by molar-refractivity contribution is 14.0. The van der Waals surface area contributed by atoms with Crippen LogP contribution in [0.3, 0.4) is 0 Å². The molecule has 110 valence electrons. The van der Waals surface area contributed by atoms with Gasteiger partial charge in [0.1, 0.15) is 0 Å². The first-order valence-electron chi connectivity index (χ1n) is 6.31. The van der Waals surface area contributed by atoms with E-state index in [1.807, 2.05) is 25.1 Å². The summed E-state index contributed by atoms with van der Waals surface area (Å²) in [6.07, 6.45) is 0. The average molecular weight is 388 g/mol. The van der Waals surface area contributed by atoms with Crippen LogP contribution in [0.25, 0.3) is 0 Å². The van der Waals surface area contributed by atoms with Crippen molar-refractivity contribution >= 4 is 29.9 Å². The maximum Gasteiger partial charge on any atom is 0.191 e. The molecule has 5 nitrogen and oxygen atoms in total. The van der Waals surface area contributed by atoms with E-state index in [9.17, 15) is 0 Å². The van der Waals surface area contributed by atoms with Crippen molar-refractivity contribution in [3.63, 3.8) is 0 Å². The molecule has 1 aromatic carbocycles. The number of ether oxygens (including phenoxy) is 1. The highest BCUT2D eigenvalue weighted by Gasteiger charge is 1.99. The normalized spacial score (nSPS) is 10.3. The lowest BCUT2D eigenvalue weighted by Crippen LogP contribution is -2.38. The van der Waals surface area contributed by atoms with E-state index in [0.717, 1.165) is 11.5 Å². The van der Waals surface area contributed by atoms with Gasteiger partial charge in [0.25, 0.3) is 0 Å². The Hall–Kier alpha value is -1.33. The molecule has 0 atom stereocenters. The largest absolute Gasteiger partial charge is 0.380 e. The zero-order valence-corrected chi connectivity index (χ0v) is 14.2. The first kappa shape index (κ1) is 18.7. The molecule has 1 rings (SSSR count). The molecule has 6 heteroatoms. The van der Waals surface area contributed by atoms with E-state index >= 15 is 0 Å². The second kappa shape index (κ2) is 11.5. The molecule has 0 saturated carbocycles. The molecular weight excluding hydrogens is 367 g/mol. The molecule has 0 bridgehead atoms. The average Bonchev–Trinajstić information content (AvgIpc) is 2.47. The number of hydrogen-bond acceptors (Lipinski definition) is 3. The van der Waals surface area contributed by atoms with Crippen molar-refractivity contribution in [2.45, 2.75) is 13.5 Å². The Morgan fingerprint density at radius 1 is 1.40 bits per heavy atom. The van der Waals surface area contributed by atoms with Gasteiger partial charge in [-0.3, -0.25) is 4.99 Å². The van der Waals surface area contributed by atoms with E-state index in [1.54, 1.807) is 13.1 Å². The number of rotatable bonds is 6. The summed E-state index contributed by atoms with van der Waals surface area (Å²) in [7, 11) is 1.72. The SMILES string of the molecule is CCOCCNC(=NC)NCc1cccc(C#N)c1.I. The molecule has 0 aliphatic carbocycles. The summed E-state index contributed by atoms with van der Waals surface area (Å²) in [5.41, 5.74) is 1.71. The minimum absolute atomic E-state index is 0. The van der Waals surface area contributed by atoms with E-state index in [1.165, 1.54) is 0 Å². The Morgan fingerprint density at radius 3 is 2.85 bits per heavy atom. The van der Waals surface area contributed by atoms with Crippen LogP contribution < -0.4 is 10.6 Å². The van der Waals surface area contributed by atoms with E-state index in [4.69, 9.17) is 10.00 Å². The predicted molar refractivity (Wildman–Crippen MR) is 91.3 cm³/mol. The molecule has 0 saturated heterocycles. The molecule has 20 heavy (non-hydrogen) atoms. The molecule has 0 aliphatic rings. The van der Waals surface area contributed by atoms with Gasteiger partial charge in [-0.1, -0.05) is 12.1 Å². The summed E-state index contributed by atoms with van der Waals surface area (Å²) in [6.45, 7) is 4.68. The highest BCUT2D eigenvalue weighted by Crippen LogP contribution is 2.03. The standard InChI is InChI=1S/C14H20N4O.HI/c1-3-19-8-7-17-14(16-2)18-11-13-6-4-5-12(9-13)10-15;/h4-6,9H,3,7-8,11H2,1-2H3,(H2,16,17,18);1H. The summed E-state index contributed by atoms with van der Waals surface area (Å²) >= 11 is 0. The molecule has 0 aliphatic heterocycles. The van der Waals surface area contributed by atoms with Gasteiger partial charge in [0.05, 0.1) is 18.2 Å². The lowest BCUT2D eigenvalue weighted by atomic mass is 10.1. The zero-order valence-electron chi connectivity index (χ0n) is 11.8. The van der Waals surface area contributed by atoms with Crippen molar-refractivity contribution in [1.29, 1.82) is 5.26 Å². The topological polar surface area (TPSA) is 69.4 Å². The second-order valence-electron chi connectivity index (χ2n) is 3.86. The molecule has 0 heterocycles. The number of benzene rings is 1. The van der Waals surface area contributed by atoms with E-state index in [2.05, 4.69) is 21.7 Å². The summed E-state index contributed by atoms with van der Waals surface area (Å²) < 4.78 is 5.24. The number of nitriles is 1. The van der Waals surface area contributed by atoms with E-state index < -0.39 is 0 Å². The van der Waals surface area contributed by atoms with Crippen molar-refractivity contribution in [2.24, 2.45) is 4.99 Å². The monoisotopic (exact) mass is 388 g/mol. The Labute approximate surface area is 137 Å². The number of nitrogens with zero attached hydrogens (tertiary/aromatic N) is 2. The van der Waals surface area contributed by atoms with Crippen LogP contribution in [0.5, 0.6) is 0 Å². The minimum Gasteiger partial charge on any atom is -0.380 e. The third-order valence-corrected chi connectivity index (χ3v) is 2.48. The van der Waals surface area contributed by atoms with Crippen molar-refractivity contribution in [2.75, 3.05) is 26.8 Å². The molecular formula is C14H21IN4O. The van der Waals surface area contributed by atoms with Gasteiger partial charge in [0, 0.05) is 26.7 Å². The van der Waals surface area contributed by atoms with Gasteiger partial charge in [0.2, 0.25) is 0 Å². The molecule has 0 spiro atoms. The van der Waals surface area contributed by atoms with Gasteiger partial charge in [-0.15, -0.1) is 24.0 Å². The maximum atomic E-state index is 8.83. The lowest BCUT2D eigenvalue weighted by molar-refractivity contribution is 0.152. The quantitative estimate of drug-likeness (QED) is 0.338. The van der Waals surface area contributed by atoms with Gasteiger partial charge in [-0.25, -0.2) is 0 Å². The van der Waals surface area contributed by atoms with Crippen molar-refractivity contribution in [1.82, 2.24) is 10.6 Å². The third-order valence-electron chi connectivity index (χ3n) is 2.48. The fourth-order valence-electron chi connectivity index (χ4n) is 1.54. The van der Waals surface area contributed by atoms with E-state index in [0.29, 0.717) is 31.9 Å². The van der Waals surface area contributed by atoms with Crippen LogP contribution >= 0.6 is 24.0 Å². The fourth-order valence-corrected chi connectivity index (χ4v) is 1.54. The van der Waals surface area contributed by atoms with Crippen LogP contribution in [0.4, 0.5) is 0 Å². The molecule has 0 radical (unpaired) electrons. The summed E-state index contributed by atoms with van der Waals surface area (Å²) in [5.74, 6) is 0.724. The lowest BCUT2D eigenvalue weighted by Gasteiger charge is -2.11. The number of hydrogen-bond donors (Lipinski definition) is 2. The Bertz CT molecular complexity index is 457. The van der Waals surface area contributed by atoms with Crippen molar-refractivity contribution < 1.29 is 4.74 Å². The van der Waals surface area contributed by atoms with E-state index in [-0.39, 0.29) is 24.0 Å². The zero-order chi connectivity index (χ0) is 13.9. The smallest absolute Gasteiger partial charge is 0.191 e.